The van der Waals surface area contributed by atoms with Crippen molar-refractivity contribution in [3.63, 3.8) is 0 Å². The van der Waals surface area contributed by atoms with Crippen molar-refractivity contribution < 1.29 is 43.7 Å². The zero-order valence-electron chi connectivity index (χ0n) is 42.5. The molecule has 2 fully saturated rings. The fourth-order valence-electron chi connectivity index (χ4n) is 7.39. The fraction of sp³-hybridized carbons (Fsp3) is 0.520. The van der Waals surface area contributed by atoms with Crippen molar-refractivity contribution >= 4 is 124 Å². The van der Waals surface area contributed by atoms with Crippen molar-refractivity contribution in [2.45, 2.75) is 133 Å². The van der Waals surface area contributed by atoms with E-state index in [2.05, 4.69) is 68.6 Å². The Balaban J connectivity index is 0.000000261. The van der Waals surface area contributed by atoms with Gasteiger partial charge in [0.25, 0.3) is 11.8 Å². The van der Waals surface area contributed by atoms with Gasteiger partial charge in [-0.1, -0.05) is 119 Å². The van der Waals surface area contributed by atoms with Crippen LogP contribution in [0.3, 0.4) is 0 Å². The summed E-state index contributed by atoms with van der Waals surface area (Å²) in [7, 11) is 0. The van der Waals surface area contributed by atoms with Crippen molar-refractivity contribution in [1.82, 2.24) is 46.8 Å². The Bertz CT molecular complexity index is 2590. The van der Waals surface area contributed by atoms with Gasteiger partial charge in [0.1, 0.15) is 43.0 Å². The van der Waals surface area contributed by atoms with Crippen LogP contribution in [0, 0.1) is 11.8 Å². The van der Waals surface area contributed by atoms with Crippen LogP contribution in [0.1, 0.15) is 105 Å². The predicted molar refractivity (Wildman–Crippen MR) is 292 cm³/mol. The number of nitrogens with two attached hydrogens (primary N) is 1. The van der Waals surface area contributed by atoms with Crippen LogP contribution in [0.25, 0.3) is 21.8 Å². The van der Waals surface area contributed by atoms with Crippen LogP contribution in [0.2, 0.25) is 0 Å². The maximum atomic E-state index is 12.9. The lowest BCUT2D eigenvalue weighted by molar-refractivity contribution is -0.153. The molecule has 4 aromatic rings. The van der Waals surface area contributed by atoms with E-state index in [1.807, 2.05) is 74.5 Å². The molecule has 0 bridgehead atoms. The molecule has 8 atom stereocenters. The summed E-state index contributed by atoms with van der Waals surface area (Å²) in [6.45, 7) is 14.1. The number of benzene rings is 2. The molecule has 2 saturated heterocycles. The summed E-state index contributed by atoms with van der Waals surface area (Å²) in [6, 6.07) is 16.4. The quantitative estimate of drug-likeness (QED) is 0.0522. The van der Waals surface area contributed by atoms with Crippen LogP contribution in [0.15, 0.2) is 69.6 Å². The summed E-state index contributed by atoms with van der Waals surface area (Å²) in [5.74, 6) is -3.42. The molecule has 6 rings (SSSR count). The predicted octanol–water partition coefficient (Wildman–Crippen LogP) is 6.13. The third kappa shape index (κ3) is 19.1. The Morgan fingerprint density at radius 2 is 1.11 bits per heavy atom. The number of hydrogen-bond acceptors (Lipinski definition) is 14. The number of hydrazine groups is 2. The molecule has 19 nitrogen and oxygen atoms in total. The first kappa shape index (κ1) is 62.3. The highest BCUT2D eigenvalue weighted by atomic mass is 79.9. The molecule has 2 aromatic carbocycles. The van der Waals surface area contributed by atoms with E-state index in [0.717, 1.165) is 42.1 Å². The van der Waals surface area contributed by atoms with Gasteiger partial charge >= 0.3 is 5.97 Å². The number of nitrogens with one attached hydrogen (secondary N) is 5. The van der Waals surface area contributed by atoms with Crippen LogP contribution in [0.5, 0.6) is 0 Å². The molecular weight excluding hydrogens is 1150 g/mol. The van der Waals surface area contributed by atoms with Crippen LogP contribution < -0.4 is 32.5 Å². The van der Waals surface area contributed by atoms with Gasteiger partial charge in [-0.2, -0.15) is 0 Å². The summed E-state index contributed by atoms with van der Waals surface area (Å²) < 4.78 is 5.18. The number of aliphatic hydroxyl groups excluding tert-OH is 2. The normalized spacial score (nSPS) is 18.4. The second-order valence-electron chi connectivity index (χ2n) is 18.9. The molecule has 24 heteroatoms. The molecule has 0 unspecified atom stereocenters. The third-order valence-corrected chi connectivity index (χ3v) is 13.1. The Kier molecular flexibility index (Phi) is 24.2. The molecule has 5 amide bonds. The van der Waals surface area contributed by atoms with Crippen LogP contribution in [-0.2, 0) is 33.5 Å². The topological polar surface area (TPSA) is 271 Å². The van der Waals surface area contributed by atoms with E-state index in [9.17, 15) is 39.0 Å². The van der Waals surface area contributed by atoms with Crippen molar-refractivity contribution in [3.8, 4) is 0 Å². The molecule has 0 saturated carbocycles. The number of rotatable bonds is 14. The van der Waals surface area contributed by atoms with Crippen LogP contribution in [0.4, 0.5) is 0 Å². The number of alkyl halides is 3. The molecule has 2 aromatic heterocycles. The van der Waals surface area contributed by atoms with Crippen molar-refractivity contribution in [1.29, 1.82) is 0 Å². The van der Waals surface area contributed by atoms with Gasteiger partial charge in [0, 0.05) is 38.8 Å². The van der Waals surface area contributed by atoms with E-state index < -0.39 is 70.5 Å². The Morgan fingerprint density at radius 1 is 0.689 bits per heavy atom. The lowest BCUT2D eigenvalue weighted by atomic mass is 10.1. The number of ether oxygens (including phenoxy) is 1. The zero-order chi connectivity index (χ0) is 55.2. The maximum Gasteiger partial charge on any atom is 0.325 e. The largest absolute Gasteiger partial charge is 0.460 e. The molecular formula is C50H67Br2Cl3N10O9. The monoisotopic (exact) mass is 1210 g/mol. The molecule has 0 radical (unpaired) electrons. The number of pyridine rings is 2. The molecule has 0 spiro atoms. The molecule has 406 valence electrons. The third-order valence-electron chi connectivity index (χ3n) is 11.8. The van der Waals surface area contributed by atoms with Gasteiger partial charge in [0.2, 0.25) is 21.5 Å². The molecule has 4 heterocycles. The van der Waals surface area contributed by atoms with E-state index in [1.165, 1.54) is 16.9 Å². The highest BCUT2D eigenvalue weighted by Crippen LogP contribution is 2.27. The number of nitrogens with zero attached hydrogens (tertiary/aromatic N) is 4. The Labute approximate surface area is 463 Å². The van der Waals surface area contributed by atoms with E-state index >= 15 is 0 Å². The number of aliphatic hydroxyl groups is 2. The SMILES string of the molecule is CC(C)[C@H](O)C(=O)N[C@@H](C)C(=O)N1CCC[C@@H](C(=O)N[C@H](C)c2ccc3ccc(Br)cc3n2)N1.CC(C)[C@H](O)C(=O)N[C@@H](C)C(=O)N1CCC[C@@H](C(=O)OCC(Cl)(Cl)Cl)N1.C[C@@H](N)c1ccc2ccc(Br)cc2n1. The number of carbonyl (C=O) groups excluding carboxylic acids is 6. The summed E-state index contributed by atoms with van der Waals surface area (Å²) in [5.41, 5.74) is 15.0. The molecule has 2 aliphatic heterocycles. The van der Waals surface area contributed by atoms with E-state index in [4.69, 9.17) is 45.3 Å². The average molecular weight is 1220 g/mol. The van der Waals surface area contributed by atoms with Gasteiger partial charge in [-0.05, 0) is 102 Å². The van der Waals surface area contributed by atoms with Gasteiger partial charge in [-0.25, -0.2) is 10.9 Å². The highest BCUT2D eigenvalue weighted by molar-refractivity contribution is 9.10. The minimum atomic E-state index is -1.71. The average Bonchev–Trinajstić information content (AvgIpc) is 3.36. The first-order valence-corrected chi connectivity index (χ1v) is 26.9. The van der Waals surface area contributed by atoms with Gasteiger partial charge < -0.3 is 36.6 Å². The Morgan fingerprint density at radius 3 is 1.55 bits per heavy atom. The number of aromatic nitrogens is 2. The summed E-state index contributed by atoms with van der Waals surface area (Å²) >= 11 is 23.5. The van der Waals surface area contributed by atoms with Gasteiger partial charge in [0.05, 0.1) is 28.5 Å². The Hall–Kier alpha value is -4.29. The van der Waals surface area contributed by atoms with Crippen molar-refractivity contribution in [3.05, 3.63) is 81.0 Å². The maximum absolute atomic E-state index is 12.9. The molecule has 0 aliphatic carbocycles. The number of amides is 5. The molecule has 74 heavy (non-hydrogen) atoms. The van der Waals surface area contributed by atoms with E-state index in [1.54, 1.807) is 34.6 Å². The molecule has 2 aliphatic rings. The second kappa shape index (κ2) is 28.7. The van der Waals surface area contributed by atoms with Gasteiger partial charge in [0.15, 0.2) is 0 Å². The first-order valence-electron chi connectivity index (χ1n) is 24.2. The van der Waals surface area contributed by atoms with E-state index in [0.29, 0.717) is 38.8 Å². The first-order chi connectivity index (χ1) is 34.6. The van der Waals surface area contributed by atoms with Crippen molar-refractivity contribution in [2.75, 3.05) is 19.7 Å². The van der Waals surface area contributed by atoms with Crippen LogP contribution in [-0.4, -0.2) is 126 Å². The number of halogens is 5. The fourth-order valence-corrected chi connectivity index (χ4v) is 8.25. The molecule has 9 N–H and O–H groups in total. The summed E-state index contributed by atoms with van der Waals surface area (Å²) in [6.07, 6.45) is -0.161. The number of esters is 1. The standard InChI is InChI=1S/C24H32BrN5O4.C15H24Cl3N3O5.C11H11BrN2/c1-13(2)21(31)23(33)27-15(4)24(34)30-11-5-6-19(29-30)22(32)26-14(3)18-10-8-16-7-9-17(25)12-20(16)28-18;1-8(2)11(22)12(23)19-9(3)13(24)21-6-4-5-10(20-21)14(25)26-7-15(16,17)18;1-7(13)10-5-3-8-2-4-9(12)6-11(8)14-10/h7-10,12-15,19,21,29,31H,5-6,11H2,1-4H3,(H,26,32)(H,27,33);8-11,20,22H,4-7H2,1-3H3,(H,19,23);2-7H,13H2,1H3/t14-,15+,19+,21+;9-,10-,11-;7-/m101/s1. The van der Waals surface area contributed by atoms with Crippen molar-refractivity contribution in [2.24, 2.45) is 17.6 Å². The summed E-state index contributed by atoms with van der Waals surface area (Å²) in [4.78, 5) is 83.3. The van der Waals surface area contributed by atoms with Gasteiger partial charge in [-0.15, -0.1) is 0 Å². The lowest BCUT2D eigenvalue weighted by Gasteiger charge is -2.35. The summed E-state index contributed by atoms with van der Waals surface area (Å²) in [5, 5.41) is 32.4. The highest BCUT2D eigenvalue weighted by Gasteiger charge is 2.35. The van der Waals surface area contributed by atoms with Crippen LogP contribution >= 0.6 is 66.7 Å². The number of hydrogen-bond donors (Lipinski definition) is 8. The smallest absolute Gasteiger partial charge is 0.325 e. The zero-order valence-corrected chi connectivity index (χ0v) is 47.9. The lowest BCUT2D eigenvalue weighted by Crippen LogP contribution is -2.61. The second-order valence-corrected chi connectivity index (χ2v) is 23.2. The van der Waals surface area contributed by atoms with Gasteiger partial charge in [-0.3, -0.25) is 48.8 Å². The van der Waals surface area contributed by atoms with E-state index in [-0.39, 0.29) is 35.7 Å². The minimum Gasteiger partial charge on any atom is -0.460 e. The number of fused-ring (bicyclic) bond motifs is 2. The number of carbonyl (C=O) groups is 6. The minimum absolute atomic E-state index is 0.0154.